The van der Waals surface area contributed by atoms with Gasteiger partial charge in [0.1, 0.15) is 0 Å². The molecule has 17 heavy (non-hydrogen) atoms. The molecule has 0 amide bonds. The fraction of sp³-hybridized carbons (Fsp3) is 0.0833. The summed E-state index contributed by atoms with van der Waals surface area (Å²) >= 11 is 18.9. The molecule has 0 fully saturated rings. The lowest BCUT2D eigenvalue weighted by atomic mass is 10.1. The number of carbonyl (C=O) groups excluding carboxylic acids is 1. The van der Waals surface area contributed by atoms with Gasteiger partial charge in [-0.1, -0.05) is 34.8 Å². The van der Waals surface area contributed by atoms with Crippen molar-refractivity contribution in [1.29, 1.82) is 0 Å². The third-order valence-corrected chi connectivity index (χ3v) is 3.97. The Kier molecular flexibility index (Phi) is 4.10. The Labute approximate surface area is 118 Å². The van der Waals surface area contributed by atoms with E-state index in [1.54, 1.807) is 24.3 Å². The summed E-state index contributed by atoms with van der Waals surface area (Å²) in [6.07, 6.45) is 0.304. The molecule has 1 nitrogen and oxygen atoms in total. The second kappa shape index (κ2) is 5.40. The van der Waals surface area contributed by atoms with Crippen molar-refractivity contribution in [3.05, 3.63) is 55.2 Å². The third kappa shape index (κ3) is 3.23. The van der Waals surface area contributed by atoms with Crippen molar-refractivity contribution in [3.8, 4) is 0 Å². The van der Waals surface area contributed by atoms with Crippen LogP contribution >= 0.6 is 46.1 Å². The van der Waals surface area contributed by atoms with Crippen LogP contribution in [0.3, 0.4) is 0 Å². The predicted octanol–water partition coefficient (Wildman–Crippen LogP) is 5.13. The monoisotopic (exact) mass is 304 g/mol. The minimum atomic E-state index is -0.0369. The van der Waals surface area contributed by atoms with Crippen LogP contribution in [-0.4, -0.2) is 5.78 Å². The number of hydrogen-bond acceptors (Lipinski definition) is 2. The van der Waals surface area contributed by atoms with E-state index >= 15 is 0 Å². The minimum absolute atomic E-state index is 0.0369. The Morgan fingerprint density at radius 2 is 1.88 bits per heavy atom. The SMILES string of the molecule is O=C(Cc1ccc(Cl)s1)c1ccc(Cl)cc1Cl. The average molecular weight is 306 g/mol. The van der Waals surface area contributed by atoms with Crippen LogP contribution in [-0.2, 0) is 6.42 Å². The van der Waals surface area contributed by atoms with Crippen LogP contribution in [0, 0.1) is 0 Å². The van der Waals surface area contributed by atoms with Crippen molar-refractivity contribution in [1.82, 2.24) is 0 Å². The minimum Gasteiger partial charge on any atom is -0.294 e. The van der Waals surface area contributed by atoms with E-state index in [9.17, 15) is 4.79 Å². The van der Waals surface area contributed by atoms with Crippen LogP contribution in [0.2, 0.25) is 14.4 Å². The molecule has 2 aromatic rings. The maximum atomic E-state index is 12.0. The van der Waals surface area contributed by atoms with Crippen LogP contribution in [0.1, 0.15) is 15.2 Å². The van der Waals surface area contributed by atoms with Gasteiger partial charge in [-0.15, -0.1) is 11.3 Å². The smallest absolute Gasteiger partial charge is 0.169 e. The van der Waals surface area contributed by atoms with Crippen LogP contribution < -0.4 is 0 Å². The fourth-order valence-electron chi connectivity index (χ4n) is 1.42. The molecule has 1 heterocycles. The molecule has 0 atom stereocenters. The van der Waals surface area contributed by atoms with Crippen LogP contribution in [0.5, 0.6) is 0 Å². The molecule has 0 radical (unpaired) electrons. The van der Waals surface area contributed by atoms with Crippen molar-refractivity contribution in [3.63, 3.8) is 0 Å². The van der Waals surface area contributed by atoms with Crippen LogP contribution in [0.15, 0.2) is 30.3 Å². The largest absolute Gasteiger partial charge is 0.294 e. The molecule has 0 spiro atoms. The van der Waals surface area contributed by atoms with Crippen molar-refractivity contribution in [2.45, 2.75) is 6.42 Å². The molecular weight excluding hydrogens is 299 g/mol. The van der Waals surface area contributed by atoms with Crippen LogP contribution in [0.4, 0.5) is 0 Å². The molecule has 0 unspecified atom stereocenters. The molecule has 1 aromatic carbocycles. The zero-order valence-electron chi connectivity index (χ0n) is 8.54. The van der Waals surface area contributed by atoms with Gasteiger partial charge in [-0.2, -0.15) is 0 Å². The van der Waals surface area contributed by atoms with Gasteiger partial charge in [-0.25, -0.2) is 0 Å². The highest BCUT2D eigenvalue weighted by Crippen LogP contribution is 2.25. The summed E-state index contributed by atoms with van der Waals surface area (Å²) in [4.78, 5) is 12.9. The molecule has 2 rings (SSSR count). The zero-order valence-corrected chi connectivity index (χ0v) is 11.6. The number of hydrogen-bond donors (Lipinski definition) is 0. The summed E-state index contributed by atoms with van der Waals surface area (Å²) < 4.78 is 0.676. The number of rotatable bonds is 3. The topological polar surface area (TPSA) is 17.1 Å². The molecule has 0 bridgehead atoms. The lowest BCUT2D eigenvalue weighted by Gasteiger charge is -2.02. The summed E-state index contributed by atoms with van der Waals surface area (Å²) in [5.41, 5.74) is 0.487. The molecule has 1 aromatic heterocycles. The molecule has 0 saturated heterocycles. The van der Waals surface area contributed by atoms with Gasteiger partial charge in [0.15, 0.2) is 5.78 Å². The first-order chi connectivity index (χ1) is 8.06. The molecule has 0 aliphatic carbocycles. The lowest BCUT2D eigenvalue weighted by Crippen LogP contribution is -2.02. The van der Waals surface area contributed by atoms with Gasteiger partial charge < -0.3 is 0 Å². The highest BCUT2D eigenvalue weighted by molar-refractivity contribution is 7.16. The van der Waals surface area contributed by atoms with Gasteiger partial charge in [-0.05, 0) is 30.3 Å². The fourth-order valence-corrected chi connectivity index (χ4v) is 3.02. The number of Topliss-reactive ketones (excluding diaryl/α,β-unsaturated/α-hetero) is 1. The van der Waals surface area contributed by atoms with Crippen molar-refractivity contribution in [2.24, 2.45) is 0 Å². The first-order valence-corrected chi connectivity index (χ1v) is 6.74. The van der Waals surface area contributed by atoms with Gasteiger partial charge in [0, 0.05) is 21.9 Å². The highest BCUT2D eigenvalue weighted by atomic mass is 35.5. The maximum Gasteiger partial charge on any atom is 0.169 e. The van der Waals surface area contributed by atoms with Crippen molar-refractivity contribution < 1.29 is 4.79 Å². The Bertz CT molecular complexity index is 563. The van der Waals surface area contributed by atoms with E-state index in [4.69, 9.17) is 34.8 Å². The molecule has 0 aliphatic rings. The Balaban J connectivity index is 2.20. The van der Waals surface area contributed by atoms with E-state index in [0.717, 1.165) is 4.88 Å². The predicted molar refractivity (Wildman–Crippen MR) is 73.8 cm³/mol. The summed E-state index contributed by atoms with van der Waals surface area (Å²) in [5.74, 6) is -0.0369. The molecule has 0 saturated carbocycles. The Hall–Kier alpha value is -0.540. The molecule has 0 aliphatic heterocycles. The van der Waals surface area contributed by atoms with E-state index < -0.39 is 0 Å². The van der Waals surface area contributed by atoms with E-state index in [0.29, 0.717) is 26.4 Å². The standard InChI is InChI=1S/C12H7Cl3OS/c13-7-1-3-9(10(14)5-7)11(16)6-8-2-4-12(15)17-8/h1-5H,6H2. The normalized spacial score (nSPS) is 10.5. The van der Waals surface area contributed by atoms with E-state index in [1.807, 2.05) is 6.07 Å². The van der Waals surface area contributed by atoms with Gasteiger partial charge in [0.25, 0.3) is 0 Å². The molecule has 0 N–H and O–H groups in total. The number of benzene rings is 1. The Morgan fingerprint density at radius 1 is 1.12 bits per heavy atom. The maximum absolute atomic E-state index is 12.0. The second-order valence-electron chi connectivity index (χ2n) is 3.43. The lowest BCUT2D eigenvalue weighted by molar-refractivity contribution is 0.0994. The number of ketones is 1. The molecular formula is C12H7Cl3OS. The average Bonchev–Trinajstić information content (AvgIpc) is 2.63. The van der Waals surface area contributed by atoms with Gasteiger partial charge >= 0.3 is 0 Å². The summed E-state index contributed by atoms with van der Waals surface area (Å²) in [7, 11) is 0. The van der Waals surface area contributed by atoms with Gasteiger partial charge in [-0.3, -0.25) is 4.79 Å². The summed E-state index contributed by atoms with van der Waals surface area (Å²) in [5, 5.41) is 0.899. The van der Waals surface area contributed by atoms with Crippen molar-refractivity contribution >= 4 is 51.9 Å². The first-order valence-electron chi connectivity index (χ1n) is 4.79. The summed E-state index contributed by atoms with van der Waals surface area (Å²) in [6.45, 7) is 0. The van der Waals surface area contributed by atoms with Gasteiger partial charge in [0.05, 0.1) is 9.36 Å². The zero-order chi connectivity index (χ0) is 12.4. The van der Waals surface area contributed by atoms with Crippen LogP contribution in [0.25, 0.3) is 0 Å². The van der Waals surface area contributed by atoms with E-state index in [1.165, 1.54) is 11.3 Å². The van der Waals surface area contributed by atoms with E-state index in [2.05, 4.69) is 0 Å². The molecule has 5 heteroatoms. The Morgan fingerprint density at radius 3 is 2.47 bits per heavy atom. The number of halogens is 3. The molecule has 88 valence electrons. The quantitative estimate of drug-likeness (QED) is 0.718. The van der Waals surface area contributed by atoms with E-state index in [-0.39, 0.29) is 5.78 Å². The number of carbonyl (C=O) groups is 1. The second-order valence-corrected chi connectivity index (χ2v) is 6.07. The highest BCUT2D eigenvalue weighted by Gasteiger charge is 2.12. The van der Waals surface area contributed by atoms with Crippen molar-refractivity contribution in [2.75, 3.05) is 0 Å². The van der Waals surface area contributed by atoms with Gasteiger partial charge in [0.2, 0.25) is 0 Å². The first kappa shape index (κ1) is 12.9. The summed E-state index contributed by atoms with van der Waals surface area (Å²) in [6, 6.07) is 8.48. The number of thiophene rings is 1. The third-order valence-electron chi connectivity index (χ3n) is 2.20.